The second-order valence-electron chi connectivity index (χ2n) is 4.66. The maximum atomic E-state index is 12.9. The van der Waals surface area contributed by atoms with Gasteiger partial charge in [-0.15, -0.1) is 24.8 Å². The fourth-order valence-corrected chi connectivity index (χ4v) is 1.64. The van der Waals surface area contributed by atoms with Crippen molar-refractivity contribution in [1.82, 2.24) is 10.3 Å². The van der Waals surface area contributed by atoms with E-state index in [1.165, 1.54) is 30.5 Å². The fourth-order valence-electron chi connectivity index (χ4n) is 1.64. The van der Waals surface area contributed by atoms with E-state index in [2.05, 4.69) is 10.3 Å². The number of nitrogens with two attached hydrogens (primary N) is 1. The normalized spacial score (nSPS) is 10.5. The van der Waals surface area contributed by atoms with E-state index in [1.54, 1.807) is 0 Å². The van der Waals surface area contributed by atoms with Crippen molar-refractivity contribution in [2.24, 2.45) is 5.73 Å². The standard InChI is InChI=1S/C14H14F3N3O2.2ClH/c15-10-3-1-9(2-4-10)13-20-11(6-22-13)5-12(21)19-8-14(16,17)7-18;;/h1-4,6H,5,7-8,18H2,(H,19,21);2*1H. The summed E-state index contributed by atoms with van der Waals surface area (Å²) >= 11 is 0. The average Bonchev–Trinajstić information content (AvgIpc) is 2.94. The van der Waals surface area contributed by atoms with Crippen molar-refractivity contribution >= 4 is 30.7 Å². The van der Waals surface area contributed by atoms with Crippen LogP contribution in [-0.4, -0.2) is 29.9 Å². The molecule has 2 rings (SSSR count). The highest BCUT2D eigenvalue weighted by Gasteiger charge is 2.27. The maximum Gasteiger partial charge on any atom is 0.277 e. The molecule has 1 aromatic carbocycles. The van der Waals surface area contributed by atoms with Gasteiger partial charge in [0.1, 0.15) is 12.1 Å². The van der Waals surface area contributed by atoms with E-state index in [1.807, 2.05) is 0 Å². The zero-order chi connectivity index (χ0) is 16.2. The van der Waals surface area contributed by atoms with E-state index in [9.17, 15) is 18.0 Å². The van der Waals surface area contributed by atoms with Crippen molar-refractivity contribution in [3.05, 3.63) is 42.0 Å². The molecule has 0 saturated carbocycles. The van der Waals surface area contributed by atoms with E-state index < -0.39 is 30.7 Å². The summed E-state index contributed by atoms with van der Waals surface area (Å²) in [6.45, 7) is -1.67. The topological polar surface area (TPSA) is 81.1 Å². The van der Waals surface area contributed by atoms with Gasteiger partial charge in [-0.25, -0.2) is 18.2 Å². The molecule has 10 heteroatoms. The molecule has 0 aliphatic rings. The number of amides is 1. The molecule has 0 unspecified atom stereocenters. The van der Waals surface area contributed by atoms with E-state index in [-0.39, 0.29) is 42.8 Å². The number of halogens is 5. The lowest BCUT2D eigenvalue weighted by Crippen LogP contribution is -2.42. The van der Waals surface area contributed by atoms with Gasteiger partial charge in [0, 0.05) is 5.56 Å². The van der Waals surface area contributed by atoms with Crippen molar-refractivity contribution in [2.75, 3.05) is 13.1 Å². The summed E-state index contributed by atoms with van der Waals surface area (Å²) in [7, 11) is 0. The molecule has 0 fully saturated rings. The van der Waals surface area contributed by atoms with Gasteiger partial charge in [-0.1, -0.05) is 0 Å². The Morgan fingerprint density at radius 1 is 1.25 bits per heavy atom. The monoisotopic (exact) mass is 385 g/mol. The minimum absolute atomic E-state index is 0. The lowest BCUT2D eigenvalue weighted by molar-refractivity contribution is -0.122. The lowest BCUT2D eigenvalue weighted by atomic mass is 10.2. The number of oxazole rings is 1. The van der Waals surface area contributed by atoms with Crippen molar-refractivity contribution in [2.45, 2.75) is 12.3 Å². The van der Waals surface area contributed by atoms with Gasteiger partial charge in [-0.3, -0.25) is 4.79 Å². The number of nitrogens with zero attached hydrogens (tertiary/aromatic N) is 1. The van der Waals surface area contributed by atoms with Crippen LogP contribution in [-0.2, 0) is 11.2 Å². The van der Waals surface area contributed by atoms with Crippen molar-refractivity contribution < 1.29 is 22.4 Å². The molecule has 1 aromatic heterocycles. The van der Waals surface area contributed by atoms with Crippen molar-refractivity contribution in [3.63, 3.8) is 0 Å². The van der Waals surface area contributed by atoms with Gasteiger partial charge in [-0.2, -0.15) is 0 Å². The number of hydrogen-bond donors (Lipinski definition) is 2. The van der Waals surface area contributed by atoms with Crippen LogP contribution >= 0.6 is 24.8 Å². The molecule has 0 radical (unpaired) electrons. The Labute approximate surface area is 148 Å². The first-order valence-electron chi connectivity index (χ1n) is 6.44. The Bertz CT molecular complexity index is 651. The highest BCUT2D eigenvalue weighted by atomic mass is 35.5. The Morgan fingerprint density at radius 3 is 2.46 bits per heavy atom. The number of carbonyl (C=O) groups excluding carboxylic acids is 1. The zero-order valence-electron chi connectivity index (χ0n) is 12.3. The molecular formula is C14H16Cl2F3N3O2. The molecule has 0 spiro atoms. The smallest absolute Gasteiger partial charge is 0.277 e. The number of aromatic nitrogens is 1. The summed E-state index contributed by atoms with van der Waals surface area (Å²) in [6, 6.07) is 5.46. The predicted octanol–water partition coefficient (Wildman–Crippen LogP) is 2.58. The zero-order valence-corrected chi connectivity index (χ0v) is 13.9. The number of hydrogen-bond acceptors (Lipinski definition) is 4. The van der Waals surface area contributed by atoms with E-state index in [4.69, 9.17) is 10.2 Å². The fraction of sp³-hybridized carbons (Fsp3) is 0.286. The molecular weight excluding hydrogens is 370 g/mol. The minimum Gasteiger partial charge on any atom is -0.444 e. The van der Waals surface area contributed by atoms with E-state index in [0.717, 1.165) is 0 Å². The third-order valence-electron chi connectivity index (χ3n) is 2.83. The Morgan fingerprint density at radius 2 is 1.88 bits per heavy atom. The van der Waals surface area contributed by atoms with Crippen LogP contribution in [0.2, 0.25) is 0 Å². The molecule has 0 bridgehead atoms. The largest absolute Gasteiger partial charge is 0.444 e. The number of carbonyl (C=O) groups is 1. The predicted molar refractivity (Wildman–Crippen MR) is 87.1 cm³/mol. The molecule has 0 atom stereocenters. The molecule has 24 heavy (non-hydrogen) atoms. The number of rotatable bonds is 6. The van der Waals surface area contributed by atoms with Gasteiger partial charge >= 0.3 is 0 Å². The summed E-state index contributed by atoms with van der Waals surface area (Å²) in [6.07, 6.45) is 1.05. The first-order chi connectivity index (χ1) is 10.4. The van der Waals surface area contributed by atoms with Gasteiger partial charge in [0.05, 0.1) is 25.2 Å². The summed E-state index contributed by atoms with van der Waals surface area (Å²) in [4.78, 5) is 15.6. The first-order valence-corrected chi connectivity index (χ1v) is 6.44. The van der Waals surface area contributed by atoms with Crippen LogP contribution < -0.4 is 11.1 Å². The molecule has 3 N–H and O–H groups in total. The highest BCUT2D eigenvalue weighted by molar-refractivity contribution is 5.85. The van der Waals surface area contributed by atoms with Gasteiger partial charge in [-0.05, 0) is 24.3 Å². The molecule has 5 nitrogen and oxygen atoms in total. The molecule has 1 amide bonds. The van der Waals surface area contributed by atoms with Gasteiger partial charge in [0.25, 0.3) is 5.92 Å². The van der Waals surface area contributed by atoms with Crippen LogP contribution in [0.3, 0.4) is 0 Å². The Kier molecular flexibility index (Phi) is 8.81. The second kappa shape index (κ2) is 9.51. The van der Waals surface area contributed by atoms with Gasteiger partial charge < -0.3 is 15.5 Å². The van der Waals surface area contributed by atoms with Gasteiger partial charge in [0.15, 0.2) is 0 Å². The number of alkyl halides is 2. The molecule has 134 valence electrons. The van der Waals surface area contributed by atoms with Crippen LogP contribution in [0.25, 0.3) is 11.5 Å². The third-order valence-corrected chi connectivity index (χ3v) is 2.83. The highest BCUT2D eigenvalue weighted by Crippen LogP contribution is 2.19. The van der Waals surface area contributed by atoms with Crippen LogP contribution in [0, 0.1) is 5.82 Å². The SMILES string of the molecule is Cl.Cl.NCC(F)(F)CNC(=O)Cc1coc(-c2ccc(F)cc2)n1. The summed E-state index contributed by atoms with van der Waals surface area (Å²) in [5, 5.41) is 2.08. The minimum atomic E-state index is -3.14. The molecule has 1 heterocycles. The maximum absolute atomic E-state index is 12.9. The lowest BCUT2D eigenvalue weighted by Gasteiger charge is -2.13. The van der Waals surface area contributed by atoms with Crippen molar-refractivity contribution in [3.8, 4) is 11.5 Å². The molecule has 2 aromatic rings. The second-order valence-corrected chi connectivity index (χ2v) is 4.66. The average molecular weight is 386 g/mol. The van der Waals surface area contributed by atoms with E-state index >= 15 is 0 Å². The summed E-state index contributed by atoms with van der Waals surface area (Å²) in [5.74, 6) is -3.93. The third kappa shape index (κ3) is 6.38. The summed E-state index contributed by atoms with van der Waals surface area (Å²) in [5.41, 5.74) is 5.70. The summed E-state index contributed by atoms with van der Waals surface area (Å²) < 4.78 is 43.8. The van der Waals surface area contributed by atoms with Gasteiger partial charge in [0.2, 0.25) is 11.8 Å². The Hall–Kier alpha value is -1.77. The van der Waals surface area contributed by atoms with Crippen molar-refractivity contribution in [1.29, 1.82) is 0 Å². The van der Waals surface area contributed by atoms with Crippen LogP contribution in [0.1, 0.15) is 5.69 Å². The van der Waals surface area contributed by atoms with Crippen LogP contribution in [0.15, 0.2) is 34.9 Å². The number of nitrogens with one attached hydrogen (secondary N) is 1. The molecule has 0 aliphatic carbocycles. The van der Waals surface area contributed by atoms with Crippen LogP contribution in [0.4, 0.5) is 13.2 Å². The Balaban J connectivity index is 0.00000264. The molecule has 0 saturated heterocycles. The molecule has 0 aliphatic heterocycles. The quantitative estimate of drug-likeness (QED) is 0.800. The number of benzene rings is 1. The van der Waals surface area contributed by atoms with E-state index in [0.29, 0.717) is 5.56 Å². The first kappa shape index (κ1) is 22.2. The van der Waals surface area contributed by atoms with Crippen LogP contribution in [0.5, 0.6) is 0 Å².